The van der Waals surface area contributed by atoms with Crippen molar-refractivity contribution >= 4 is 5.91 Å². The fourth-order valence-electron chi connectivity index (χ4n) is 2.72. The van der Waals surface area contributed by atoms with E-state index in [9.17, 15) is 4.79 Å². The minimum Gasteiger partial charge on any atom is -0.356 e. The first kappa shape index (κ1) is 15.4. The van der Waals surface area contributed by atoms with E-state index < -0.39 is 0 Å². The third-order valence-corrected chi connectivity index (χ3v) is 3.69. The van der Waals surface area contributed by atoms with E-state index in [-0.39, 0.29) is 5.91 Å². The molecule has 0 aromatic rings. The number of nitrogens with two attached hydrogens (primary N) is 1. The zero-order valence-electron chi connectivity index (χ0n) is 12.1. The molecule has 18 heavy (non-hydrogen) atoms. The van der Waals surface area contributed by atoms with Crippen molar-refractivity contribution in [3.63, 3.8) is 0 Å². The second-order valence-corrected chi connectivity index (χ2v) is 6.16. The molecule has 1 saturated heterocycles. The molecule has 1 aliphatic rings. The minimum atomic E-state index is 0.167. The van der Waals surface area contributed by atoms with Crippen LogP contribution in [0.5, 0.6) is 0 Å². The number of hydrogen-bond donors (Lipinski definition) is 2. The zero-order chi connectivity index (χ0) is 13.5. The SMILES string of the molecule is CC(C)CC(CN)CC(=O)NCC1CCN(C)C1. The van der Waals surface area contributed by atoms with Gasteiger partial charge in [0, 0.05) is 19.5 Å². The molecular weight excluding hydrogens is 226 g/mol. The number of nitrogens with one attached hydrogen (secondary N) is 1. The van der Waals surface area contributed by atoms with Crippen molar-refractivity contribution in [2.24, 2.45) is 23.5 Å². The number of hydrogen-bond acceptors (Lipinski definition) is 3. The fraction of sp³-hybridized carbons (Fsp3) is 0.929. The van der Waals surface area contributed by atoms with Gasteiger partial charge in [-0.2, -0.15) is 0 Å². The van der Waals surface area contributed by atoms with Crippen molar-refractivity contribution in [3.05, 3.63) is 0 Å². The number of carbonyl (C=O) groups excluding carboxylic acids is 1. The van der Waals surface area contributed by atoms with Crippen LogP contribution in [0.15, 0.2) is 0 Å². The van der Waals surface area contributed by atoms with Crippen LogP contribution in [0.2, 0.25) is 0 Å². The average Bonchev–Trinajstić information content (AvgIpc) is 2.71. The quantitative estimate of drug-likeness (QED) is 0.715. The Morgan fingerprint density at radius 1 is 1.50 bits per heavy atom. The summed E-state index contributed by atoms with van der Waals surface area (Å²) in [6.07, 6.45) is 2.82. The second kappa shape index (κ2) is 7.74. The standard InChI is InChI=1S/C14H29N3O/c1-11(2)6-13(8-15)7-14(18)16-9-12-4-5-17(3)10-12/h11-13H,4-10,15H2,1-3H3,(H,16,18). The van der Waals surface area contributed by atoms with Crippen LogP contribution in [0.1, 0.15) is 33.1 Å². The molecule has 0 spiro atoms. The average molecular weight is 255 g/mol. The Balaban J connectivity index is 2.19. The summed E-state index contributed by atoms with van der Waals surface area (Å²) in [5.41, 5.74) is 5.72. The van der Waals surface area contributed by atoms with Crippen LogP contribution in [0.4, 0.5) is 0 Å². The third-order valence-electron chi connectivity index (χ3n) is 3.69. The van der Waals surface area contributed by atoms with Gasteiger partial charge < -0.3 is 16.0 Å². The van der Waals surface area contributed by atoms with Crippen LogP contribution in [-0.2, 0) is 4.79 Å². The van der Waals surface area contributed by atoms with Crippen LogP contribution < -0.4 is 11.1 Å². The maximum absolute atomic E-state index is 11.9. The smallest absolute Gasteiger partial charge is 0.220 e. The Kier molecular flexibility index (Phi) is 6.65. The van der Waals surface area contributed by atoms with Crippen LogP contribution in [0.3, 0.4) is 0 Å². The van der Waals surface area contributed by atoms with E-state index in [1.165, 1.54) is 6.42 Å². The summed E-state index contributed by atoms with van der Waals surface area (Å²) in [4.78, 5) is 14.2. The van der Waals surface area contributed by atoms with Crippen molar-refractivity contribution in [2.45, 2.75) is 33.1 Å². The van der Waals surface area contributed by atoms with Gasteiger partial charge in [-0.3, -0.25) is 4.79 Å². The van der Waals surface area contributed by atoms with E-state index in [1.54, 1.807) is 0 Å². The number of likely N-dealkylation sites (tertiary alicyclic amines) is 1. The first-order chi connectivity index (χ1) is 8.51. The van der Waals surface area contributed by atoms with Crippen LogP contribution in [-0.4, -0.2) is 44.0 Å². The van der Waals surface area contributed by atoms with Gasteiger partial charge in [-0.05, 0) is 50.7 Å². The van der Waals surface area contributed by atoms with Gasteiger partial charge >= 0.3 is 0 Å². The molecule has 0 radical (unpaired) electrons. The number of nitrogens with zero attached hydrogens (tertiary/aromatic N) is 1. The Labute approximate surface area is 111 Å². The molecule has 1 aliphatic heterocycles. The Morgan fingerprint density at radius 2 is 2.22 bits per heavy atom. The molecule has 0 bridgehead atoms. The third kappa shape index (κ3) is 5.83. The number of amides is 1. The maximum Gasteiger partial charge on any atom is 0.220 e. The minimum absolute atomic E-state index is 0.167. The van der Waals surface area contributed by atoms with E-state index in [0.29, 0.717) is 30.7 Å². The topological polar surface area (TPSA) is 58.4 Å². The van der Waals surface area contributed by atoms with Gasteiger partial charge in [0.2, 0.25) is 5.91 Å². The molecule has 0 aromatic carbocycles. The van der Waals surface area contributed by atoms with Crippen molar-refractivity contribution in [2.75, 3.05) is 33.2 Å². The van der Waals surface area contributed by atoms with E-state index in [2.05, 4.69) is 31.1 Å². The van der Waals surface area contributed by atoms with Crippen molar-refractivity contribution in [1.29, 1.82) is 0 Å². The molecule has 106 valence electrons. The molecule has 2 unspecified atom stereocenters. The molecule has 0 saturated carbocycles. The lowest BCUT2D eigenvalue weighted by Gasteiger charge is -2.17. The normalized spacial score (nSPS) is 22.4. The summed E-state index contributed by atoms with van der Waals surface area (Å²) in [6.45, 7) is 8.04. The van der Waals surface area contributed by atoms with Crippen molar-refractivity contribution in [1.82, 2.24) is 10.2 Å². The highest BCUT2D eigenvalue weighted by Gasteiger charge is 2.20. The molecule has 0 aliphatic carbocycles. The monoisotopic (exact) mass is 255 g/mol. The fourth-order valence-corrected chi connectivity index (χ4v) is 2.72. The molecule has 3 N–H and O–H groups in total. The van der Waals surface area contributed by atoms with Crippen LogP contribution >= 0.6 is 0 Å². The van der Waals surface area contributed by atoms with Gasteiger partial charge in [-0.15, -0.1) is 0 Å². The second-order valence-electron chi connectivity index (χ2n) is 6.16. The Hall–Kier alpha value is -0.610. The molecule has 1 rings (SSSR count). The number of carbonyl (C=O) groups is 1. The molecule has 4 nitrogen and oxygen atoms in total. The van der Waals surface area contributed by atoms with E-state index in [4.69, 9.17) is 5.73 Å². The first-order valence-corrected chi connectivity index (χ1v) is 7.16. The lowest BCUT2D eigenvalue weighted by atomic mass is 9.94. The summed E-state index contributed by atoms with van der Waals surface area (Å²) in [7, 11) is 2.13. The largest absolute Gasteiger partial charge is 0.356 e. The summed E-state index contributed by atoms with van der Waals surface area (Å²) in [5, 5.41) is 3.06. The van der Waals surface area contributed by atoms with Crippen LogP contribution in [0, 0.1) is 17.8 Å². The van der Waals surface area contributed by atoms with E-state index >= 15 is 0 Å². The van der Waals surface area contributed by atoms with Gasteiger partial charge in [-0.25, -0.2) is 0 Å². The molecular formula is C14H29N3O. The Morgan fingerprint density at radius 3 is 2.72 bits per heavy atom. The predicted octanol–water partition coefficient (Wildman–Crippen LogP) is 1.07. The van der Waals surface area contributed by atoms with Crippen molar-refractivity contribution in [3.8, 4) is 0 Å². The highest BCUT2D eigenvalue weighted by molar-refractivity contribution is 5.76. The molecule has 1 fully saturated rings. The van der Waals surface area contributed by atoms with Crippen LogP contribution in [0.25, 0.3) is 0 Å². The zero-order valence-corrected chi connectivity index (χ0v) is 12.1. The van der Waals surface area contributed by atoms with Gasteiger partial charge in [0.1, 0.15) is 0 Å². The van der Waals surface area contributed by atoms with Gasteiger partial charge in [0.25, 0.3) is 0 Å². The molecule has 1 heterocycles. The summed E-state index contributed by atoms with van der Waals surface area (Å²) in [6, 6.07) is 0. The predicted molar refractivity (Wildman–Crippen MR) is 75.2 cm³/mol. The first-order valence-electron chi connectivity index (χ1n) is 7.16. The lowest BCUT2D eigenvalue weighted by molar-refractivity contribution is -0.122. The molecule has 0 aromatic heterocycles. The van der Waals surface area contributed by atoms with Gasteiger partial charge in [0.15, 0.2) is 0 Å². The van der Waals surface area contributed by atoms with Crippen molar-refractivity contribution < 1.29 is 4.79 Å². The van der Waals surface area contributed by atoms with E-state index in [1.807, 2.05) is 0 Å². The molecule has 2 atom stereocenters. The summed E-state index contributed by atoms with van der Waals surface area (Å²) in [5.74, 6) is 1.73. The van der Waals surface area contributed by atoms with E-state index in [0.717, 1.165) is 26.1 Å². The summed E-state index contributed by atoms with van der Waals surface area (Å²) < 4.78 is 0. The van der Waals surface area contributed by atoms with Gasteiger partial charge in [-0.1, -0.05) is 13.8 Å². The summed E-state index contributed by atoms with van der Waals surface area (Å²) >= 11 is 0. The maximum atomic E-state index is 11.9. The highest BCUT2D eigenvalue weighted by Crippen LogP contribution is 2.15. The van der Waals surface area contributed by atoms with Gasteiger partial charge in [0.05, 0.1) is 0 Å². The molecule has 1 amide bonds. The highest BCUT2D eigenvalue weighted by atomic mass is 16.1. The molecule has 4 heteroatoms. The lowest BCUT2D eigenvalue weighted by Crippen LogP contribution is -2.33. The Bertz CT molecular complexity index is 255. The number of rotatable bonds is 7.